The van der Waals surface area contributed by atoms with E-state index in [2.05, 4.69) is 10.3 Å². The Bertz CT molecular complexity index is 526. The number of hydrogen-bond acceptors (Lipinski definition) is 2. The molecular formula is C18H24N2O2. The van der Waals surface area contributed by atoms with Gasteiger partial charge < -0.3 is 5.32 Å². The summed E-state index contributed by atoms with van der Waals surface area (Å²) in [5, 5.41) is 3.37. The van der Waals surface area contributed by atoms with Crippen LogP contribution in [0.1, 0.15) is 57.8 Å². The van der Waals surface area contributed by atoms with Crippen LogP contribution >= 0.6 is 0 Å². The fraction of sp³-hybridized carbons (Fsp3) is 0.722. The quantitative estimate of drug-likeness (QED) is 0.868. The lowest BCUT2D eigenvalue weighted by Crippen LogP contribution is -2.59. The van der Waals surface area contributed by atoms with Gasteiger partial charge in [0.15, 0.2) is 0 Å². The number of dihydropyridines is 1. The van der Waals surface area contributed by atoms with E-state index in [0.717, 1.165) is 23.5 Å². The van der Waals surface area contributed by atoms with Gasteiger partial charge in [-0.25, -0.2) is 4.99 Å². The average molecular weight is 300 g/mol. The number of amides is 2. The second-order valence-electron chi connectivity index (χ2n) is 7.85. The molecule has 118 valence electrons. The van der Waals surface area contributed by atoms with Crippen LogP contribution in [0.15, 0.2) is 17.1 Å². The third-order valence-corrected chi connectivity index (χ3v) is 5.92. The lowest BCUT2D eigenvalue weighted by atomic mass is 9.53. The molecule has 4 fully saturated rings. The summed E-state index contributed by atoms with van der Waals surface area (Å²) >= 11 is 0. The van der Waals surface area contributed by atoms with Crippen LogP contribution in [-0.4, -0.2) is 23.1 Å². The van der Waals surface area contributed by atoms with Gasteiger partial charge in [0.2, 0.25) is 11.8 Å². The molecule has 0 aromatic carbocycles. The first kappa shape index (κ1) is 14.2. The summed E-state index contributed by atoms with van der Waals surface area (Å²) in [6.07, 6.45) is 12.8. The van der Waals surface area contributed by atoms with Crippen molar-refractivity contribution in [3.05, 3.63) is 12.2 Å². The number of nitrogens with one attached hydrogen (secondary N) is 1. The molecule has 0 radical (unpaired) electrons. The van der Waals surface area contributed by atoms with E-state index < -0.39 is 0 Å². The van der Waals surface area contributed by atoms with E-state index in [-0.39, 0.29) is 17.4 Å². The topological polar surface area (TPSA) is 58.5 Å². The molecule has 0 aromatic rings. The summed E-state index contributed by atoms with van der Waals surface area (Å²) in [6.45, 7) is 0. The molecule has 0 atom stereocenters. The van der Waals surface area contributed by atoms with Crippen molar-refractivity contribution < 1.29 is 9.59 Å². The molecule has 0 saturated heterocycles. The number of carbonyl (C=O) groups is 2. The average Bonchev–Trinajstić information content (AvgIpc) is 2.43. The van der Waals surface area contributed by atoms with Crippen molar-refractivity contribution in [1.29, 1.82) is 0 Å². The van der Waals surface area contributed by atoms with Crippen molar-refractivity contribution in [3.63, 3.8) is 0 Å². The van der Waals surface area contributed by atoms with Gasteiger partial charge in [0.05, 0.1) is 0 Å². The monoisotopic (exact) mass is 300 g/mol. The Morgan fingerprint density at radius 1 is 1.18 bits per heavy atom. The van der Waals surface area contributed by atoms with Crippen LogP contribution in [0.2, 0.25) is 0 Å². The van der Waals surface area contributed by atoms with Crippen LogP contribution < -0.4 is 5.32 Å². The third-order valence-electron chi connectivity index (χ3n) is 5.92. The van der Waals surface area contributed by atoms with Gasteiger partial charge in [0, 0.05) is 24.1 Å². The number of hydrogen-bond donors (Lipinski definition) is 1. The summed E-state index contributed by atoms with van der Waals surface area (Å²) in [7, 11) is 0. The number of allylic oxidation sites excluding steroid dienone is 1. The summed E-state index contributed by atoms with van der Waals surface area (Å²) in [6, 6.07) is 0. The predicted octanol–water partition coefficient (Wildman–Crippen LogP) is 2.78. The molecule has 5 rings (SSSR count). The van der Waals surface area contributed by atoms with Crippen LogP contribution in [0.5, 0.6) is 0 Å². The molecule has 4 saturated carbocycles. The normalized spacial score (nSPS) is 39.0. The number of nitrogens with zero attached hydrogens (tertiary/aromatic N) is 1. The van der Waals surface area contributed by atoms with Crippen molar-refractivity contribution in [2.24, 2.45) is 22.7 Å². The number of rotatable bonds is 4. The Morgan fingerprint density at radius 3 is 2.41 bits per heavy atom. The molecule has 22 heavy (non-hydrogen) atoms. The van der Waals surface area contributed by atoms with Gasteiger partial charge in [-0.05, 0) is 68.8 Å². The molecule has 1 aliphatic heterocycles. The van der Waals surface area contributed by atoms with Crippen molar-refractivity contribution in [2.45, 2.75) is 63.3 Å². The zero-order valence-corrected chi connectivity index (χ0v) is 13.0. The van der Waals surface area contributed by atoms with E-state index >= 15 is 0 Å². The standard InChI is InChI=1S/C18H24N2O2/c21-16-3-1-2-15(19-16)4-5-17(22)20-18-9-12-6-13(10-18)8-14(7-12)11-18/h1-2,12-14H,3-11H2,(H,20,22). The molecule has 4 nitrogen and oxygen atoms in total. The lowest BCUT2D eigenvalue weighted by Gasteiger charge is -2.56. The van der Waals surface area contributed by atoms with Crippen LogP contribution in [0.4, 0.5) is 0 Å². The number of carbonyl (C=O) groups excluding carboxylic acids is 2. The maximum atomic E-state index is 12.4. The Balaban J connectivity index is 1.34. The van der Waals surface area contributed by atoms with Gasteiger partial charge in [-0.1, -0.05) is 6.08 Å². The minimum absolute atomic E-state index is 0.0892. The van der Waals surface area contributed by atoms with Crippen LogP contribution in [0.25, 0.3) is 0 Å². The zero-order valence-electron chi connectivity index (χ0n) is 13.0. The lowest BCUT2D eigenvalue weighted by molar-refractivity contribution is -0.126. The Hall–Kier alpha value is -1.45. The summed E-state index contributed by atoms with van der Waals surface area (Å²) < 4.78 is 0. The molecule has 1 N–H and O–H groups in total. The first-order chi connectivity index (χ1) is 10.6. The fourth-order valence-electron chi connectivity index (χ4n) is 5.54. The van der Waals surface area contributed by atoms with Crippen LogP contribution in [0, 0.1) is 17.8 Å². The minimum atomic E-state index is -0.0982. The highest BCUT2D eigenvalue weighted by Crippen LogP contribution is 2.55. The Kier molecular flexibility index (Phi) is 3.43. The molecule has 0 spiro atoms. The number of aliphatic imine (C=N–C) groups is 1. The first-order valence-corrected chi connectivity index (χ1v) is 8.68. The molecule has 1 heterocycles. The highest BCUT2D eigenvalue weighted by atomic mass is 16.2. The van der Waals surface area contributed by atoms with E-state index in [1.807, 2.05) is 12.2 Å². The largest absolute Gasteiger partial charge is 0.351 e. The minimum Gasteiger partial charge on any atom is -0.351 e. The molecule has 4 heteroatoms. The fourth-order valence-corrected chi connectivity index (χ4v) is 5.54. The van der Waals surface area contributed by atoms with Gasteiger partial charge in [-0.3, -0.25) is 9.59 Å². The van der Waals surface area contributed by atoms with Crippen molar-refractivity contribution in [3.8, 4) is 0 Å². The molecule has 4 bridgehead atoms. The van der Waals surface area contributed by atoms with Gasteiger partial charge >= 0.3 is 0 Å². The Labute approximate surface area is 131 Å². The zero-order chi connectivity index (χ0) is 15.2. The molecule has 0 aromatic heterocycles. The maximum absolute atomic E-state index is 12.4. The summed E-state index contributed by atoms with van der Waals surface area (Å²) in [5.41, 5.74) is 0.836. The molecule has 4 aliphatic carbocycles. The van der Waals surface area contributed by atoms with Crippen LogP contribution in [-0.2, 0) is 9.59 Å². The molecular weight excluding hydrogens is 276 g/mol. The van der Waals surface area contributed by atoms with E-state index in [0.29, 0.717) is 19.3 Å². The predicted molar refractivity (Wildman–Crippen MR) is 84.5 cm³/mol. The second-order valence-corrected chi connectivity index (χ2v) is 7.85. The highest BCUT2D eigenvalue weighted by molar-refractivity contribution is 6.06. The summed E-state index contributed by atoms with van der Waals surface area (Å²) in [4.78, 5) is 27.6. The molecule has 2 amide bonds. The van der Waals surface area contributed by atoms with E-state index in [1.165, 1.54) is 38.5 Å². The third kappa shape index (κ3) is 2.75. The van der Waals surface area contributed by atoms with Crippen molar-refractivity contribution in [2.75, 3.05) is 0 Å². The van der Waals surface area contributed by atoms with Gasteiger partial charge in [-0.15, -0.1) is 0 Å². The highest BCUT2D eigenvalue weighted by Gasteiger charge is 2.51. The smallest absolute Gasteiger partial charge is 0.249 e. The first-order valence-electron chi connectivity index (χ1n) is 8.68. The van der Waals surface area contributed by atoms with E-state index in [1.54, 1.807) is 0 Å². The summed E-state index contributed by atoms with van der Waals surface area (Å²) in [5.74, 6) is 2.56. The Morgan fingerprint density at radius 2 is 1.82 bits per heavy atom. The van der Waals surface area contributed by atoms with E-state index in [9.17, 15) is 9.59 Å². The van der Waals surface area contributed by atoms with Gasteiger partial charge in [0.1, 0.15) is 0 Å². The van der Waals surface area contributed by atoms with Crippen LogP contribution in [0.3, 0.4) is 0 Å². The van der Waals surface area contributed by atoms with Crippen molar-refractivity contribution >= 4 is 17.5 Å². The maximum Gasteiger partial charge on any atom is 0.249 e. The van der Waals surface area contributed by atoms with Gasteiger partial charge in [0.25, 0.3) is 0 Å². The van der Waals surface area contributed by atoms with Gasteiger partial charge in [-0.2, -0.15) is 0 Å². The van der Waals surface area contributed by atoms with E-state index in [4.69, 9.17) is 0 Å². The molecule has 5 aliphatic rings. The SMILES string of the molecule is O=C1CC=CC(CCC(=O)NC23CC4CC(CC(C4)C2)C3)=N1. The van der Waals surface area contributed by atoms with Crippen molar-refractivity contribution in [1.82, 2.24) is 5.32 Å². The second kappa shape index (κ2) is 5.32. The molecule has 0 unspecified atom stereocenters.